The summed E-state index contributed by atoms with van der Waals surface area (Å²) in [5.41, 5.74) is 10.6. The molecule has 0 aliphatic carbocycles. The van der Waals surface area contributed by atoms with E-state index in [0.29, 0.717) is 0 Å². The lowest BCUT2D eigenvalue weighted by molar-refractivity contribution is -0.0810. The average molecular weight is 895 g/mol. The maximum atomic E-state index is 16.7. The second kappa shape index (κ2) is 17.6. The van der Waals surface area contributed by atoms with Crippen molar-refractivity contribution in [2.24, 2.45) is 0 Å². The van der Waals surface area contributed by atoms with Crippen LogP contribution in [-0.4, -0.2) is 133 Å². The number of anilines is 2. The molecule has 328 valence electrons. The van der Waals surface area contributed by atoms with Gasteiger partial charge in [-0.05, 0) is 20.8 Å². The number of phosphoric acid groups is 2. The van der Waals surface area contributed by atoms with E-state index in [1.807, 2.05) is 0 Å². The number of rotatable bonds is 10. The highest BCUT2D eigenvalue weighted by molar-refractivity contribution is 7.48. The van der Waals surface area contributed by atoms with Gasteiger partial charge in [-0.2, -0.15) is 4.98 Å². The highest BCUT2D eigenvalue weighted by Crippen LogP contribution is 2.58. The summed E-state index contributed by atoms with van der Waals surface area (Å²) >= 11 is 0. The summed E-state index contributed by atoms with van der Waals surface area (Å²) in [6, 6.07) is 0. The number of hydrogen-bond acceptors (Lipinski definition) is 25. The van der Waals surface area contributed by atoms with Gasteiger partial charge in [0.25, 0.3) is 5.56 Å². The lowest BCUT2D eigenvalue weighted by atomic mass is 10.1. The third-order valence-electron chi connectivity index (χ3n) is 8.63. The molecule has 10 atom stereocenters. The van der Waals surface area contributed by atoms with Crippen LogP contribution in [-0.2, 0) is 64.7 Å². The van der Waals surface area contributed by atoms with Gasteiger partial charge in [-0.3, -0.25) is 37.0 Å². The number of ether oxygens (including phenoxy) is 6. The maximum absolute atomic E-state index is 16.7. The number of aromatic nitrogens is 8. The Morgan fingerprint density at radius 3 is 2.20 bits per heavy atom. The second-order valence-corrected chi connectivity index (χ2v) is 16.2. The van der Waals surface area contributed by atoms with Crippen molar-refractivity contribution in [3.8, 4) is 0 Å². The molecule has 3 saturated heterocycles. The van der Waals surface area contributed by atoms with E-state index in [1.165, 1.54) is 20.8 Å². The van der Waals surface area contributed by atoms with Crippen molar-refractivity contribution >= 4 is 62.1 Å². The van der Waals surface area contributed by atoms with E-state index in [1.54, 1.807) is 0 Å². The first kappa shape index (κ1) is 43.2. The zero-order chi connectivity index (χ0) is 42.9. The van der Waals surface area contributed by atoms with E-state index >= 15 is 4.39 Å². The Labute approximate surface area is 335 Å². The number of fused-ring (bicyclic) bond motifs is 5. The molecule has 6 N–H and O–H groups in total. The van der Waals surface area contributed by atoms with Gasteiger partial charge in [-0.25, -0.2) is 52.1 Å². The van der Waals surface area contributed by atoms with Crippen LogP contribution < -0.4 is 17.0 Å². The largest absolute Gasteiger partial charge is 0.510 e. The number of carbonyl (C=O) groups is 2. The topological polar surface area (TPSA) is 358 Å². The number of nitrogens with one attached hydrogen (secondary N) is 1. The normalized spacial score (nSPS) is 31.0. The maximum Gasteiger partial charge on any atom is 0.510 e. The Morgan fingerprint density at radius 2 is 1.52 bits per heavy atom. The first-order valence-electron chi connectivity index (χ1n) is 17.6. The number of alkyl halides is 1. The summed E-state index contributed by atoms with van der Waals surface area (Å²) in [6.45, 7) is 0.281. The molecular formula is C29H37FN10O18P2. The second-order valence-electron chi connectivity index (χ2n) is 12.9. The van der Waals surface area contributed by atoms with E-state index in [2.05, 4.69) is 29.9 Å². The van der Waals surface area contributed by atoms with Gasteiger partial charge in [0.2, 0.25) is 19.5 Å². The number of halogens is 1. The first-order valence-corrected chi connectivity index (χ1v) is 20.6. The van der Waals surface area contributed by atoms with Crippen molar-refractivity contribution in [2.75, 3.05) is 44.9 Å². The molecule has 3 fully saturated rings. The third kappa shape index (κ3) is 9.05. The van der Waals surface area contributed by atoms with E-state index in [-0.39, 0.29) is 40.7 Å². The molecule has 7 rings (SSSR count). The number of aromatic amines is 1. The van der Waals surface area contributed by atoms with Crippen LogP contribution in [0.2, 0.25) is 0 Å². The van der Waals surface area contributed by atoms with Crippen LogP contribution >= 0.6 is 15.6 Å². The SMILES string of the molecule is CCOC(=O)OCOP1(=O)OCC2OC(n3cnc4c(N)ncnc43)C(F)C2OP(=O)(OCOC(=O)OC(C)C)OCC2OC(n3cnc4c(=O)[nH]c(N)nc43)C(O1)C2O. The summed E-state index contributed by atoms with van der Waals surface area (Å²) in [4.78, 5) is 59.1. The fourth-order valence-electron chi connectivity index (χ4n) is 6.04. The summed E-state index contributed by atoms with van der Waals surface area (Å²) in [7, 11) is -10.3. The van der Waals surface area contributed by atoms with Crippen LogP contribution in [0.1, 0.15) is 33.2 Å². The van der Waals surface area contributed by atoms with Crippen molar-refractivity contribution < 1.29 is 83.8 Å². The van der Waals surface area contributed by atoms with E-state index in [4.69, 9.17) is 67.0 Å². The Hall–Kier alpha value is -4.93. The van der Waals surface area contributed by atoms with Crippen LogP contribution in [0.3, 0.4) is 0 Å². The van der Waals surface area contributed by atoms with Gasteiger partial charge in [0.1, 0.15) is 42.4 Å². The number of nitrogens with zero attached hydrogens (tertiary/aromatic N) is 7. The zero-order valence-electron chi connectivity index (χ0n) is 31.4. The predicted molar refractivity (Wildman–Crippen MR) is 191 cm³/mol. The van der Waals surface area contributed by atoms with Gasteiger partial charge in [-0.15, -0.1) is 0 Å². The molecule has 0 saturated carbocycles. The van der Waals surface area contributed by atoms with Crippen LogP contribution in [0.5, 0.6) is 0 Å². The van der Waals surface area contributed by atoms with Crippen molar-refractivity contribution in [2.45, 2.75) is 76.0 Å². The molecule has 28 nitrogen and oxygen atoms in total. The predicted octanol–water partition coefficient (Wildman–Crippen LogP) is 1.33. The number of nitrogen functional groups attached to an aromatic ring is 2. The first-order chi connectivity index (χ1) is 28.6. The fourth-order valence-corrected chi connectivity index (χ4v) is 8.54. The molecule has 4 aromatic rings. The molecule has 3 aliphatic heterocycles. The molecule has 7 heterocycles. The highest BCUT2D eigenvalue weighted by atomic mass is 31.2. The van der Waals surface area contributed by atoms with Gasteiger partial charge >= 0.3 is 28.0 Å². The van der Waals surface area contributed by atoms with Crippen molar-refractivity contribution in [1.29, 1.82) is 0 Å². The standard InChI is InChI=1S/C29H37FN10O18P2/c1-4-47-28(43)48-10-52-60(46)51-6-14-19(15(30)25(56-14)39-8-35-16-21(31)33-7-34-22(16)39)57-59(45,53-11-49-29(44)54-12(2)3)50-5-13-18(41)20(58-60)26(55-13)40-9-36-17-23(40)37-27(32)38-24(17)42/h7-9,12-15,18-20,25-26,41H,4-6,10-11H2,1-3H3,(H2,31,33,34)(H3,32,37,38,42). The Morgan fingerprint density at radius 1 is 0.900 bits per heavy atom. The minimum absolute atomic E-state index is 0.00471. The summed E-state index contributed by atoms with van der Waals surface area (Å²) in [6.07, 6.45) is -14.6. The number of nitrogens with two attached hydrogens (primary N) is 2. The van der Waals surface area contributed by atoms with Gasteiger partial charge in [0, 0.05) is 0 Å². The van der Waals surface area contributed by atoms with E-state index < -0.39 is 116 Å². The highest BCUT2D eigenvalue weighted by Gasteiger charge is 2.55. The summed E-state index contributed by atoms with van der Waals surface area (Å²) in [5, 5.41) is 11.6. The van der Waals surface area contributed by atoms with Crippen molar-refractivity contribution in [3.63, 3.8) is 0 Å². The number of H-pyrrole nitrogens is 1. The molecule has 31 heteroatoms. The van der Waals surface area contributed by atoms with Crippen LogP contribution in [0.25, 0.3) is 22.3 Å². The Bertz CT molecular complexity index is 2370. The van der Waals surface area contributed by atoms with Gasteiger partial charge in [0.05, 0.1) is 38.6 Å². The molecule has 2 bridgehead atoms. The van der Waals surface area contributed by atoms with Crippen molar-refractivity contribution in [1.82, 2.24) is 39.0 Å². The van der Waals surface area contributed by atoms with E-state index in [9.17, 15) is 28.6 Å². The molecule has 60 heavy (non-hydrogen) atoms. The number of phosphoric ester groups is 2. The molecule has 0 aromatic carbocycles. The number of aliphatic hydroxyl groups excluding tert-OH is 1. The van der Waals surface area contributed by atoms with Gasteiger partial charge in [-0.1, -0.05) is 0 Å². The smallest absolute Gasteiger partial charge is 0.435 e. The van der Waals surface area contributed by atoms with Crippen LogP contribution in [0, 0.1) is 0 Å². The van der Waals surface area contributed by atoms with Gasteiger partial charge < -0.3 is 45.0 Å². The molecule has 0 spiro atoms. The Balaban J connectivity index is 1.26. The third-order valence-corrected chi connectivity index (χ3v) is 11.4. The number of imidazole rings is 2. The molecular weight excluding hydrogens is 857 g/mol. The monoisotopic (exact) mass is 894 g/mol. The van der Waals surface area contributed by atoms with Gasteiger partial charge in [0.15, 0.2) is 41.3 Å². The molecule has 0 amide bonds. The molecule has 4 aromatic heterocycles. The quantitative estimate of drug-likeness (QED) is 0.0991. The number of carbonyl (C=O) groups excluding carboxylic acids is 2. The lowest BCUT2D eigenvalue weighted by Gasteiger charge is -2.28. The summed E-state index contributed by atoms with van der Waals surface area (Å²) in [5.74, 6) is -0.394. The Kier molecular flexibility index (Phi) is 12.6. The van der Waals surface area contributed by atoms with Crippen molar-refractivity contribution in [3.05, 3.63) is 29.3 Å². The van der Waals surface area contributed by atoms with Crippen LogP contribution in [0.4, 0.5) is 25.7 Å². The van der Waals surface area contributed by atoms with E-state index in [0.717, 1.165) is 28.1 Å². The average Bonchev–Trinajstić information content (AvgIpc) is 3.94. The number of hydrogen-bond donors (Lipinski definition) is 4. The summed E-state index contributed by atoms with van der Waals surface area (Å²) < 4.78 is 112. The zero-order valence-corrected chi connectivity index (χ0v) is 33.2. The fraction of sp³-hybridized carbons (Fsp3) is 0.586. The minimum Gasteiger partial charge on any atom is -0.435 e. The molecule has 0 radical (unpaired) electrons. The molecule has 10 unspecified atom stereocenters. The number of aliphatic hydroxyl groups is 1. The molecule has 3 aliphatic rings. The minimum atomic E-state index is -5.17. The lowest BCUT2D eigenvalue weighted by Crippen LogP contribution is -2.35. The van der Waals surface area contributed by atoms with Crippen LogP contribution in [0.15, 0.2) is 23.8 Å².